The van der Waals surface area contributed by atoms with Gasteiger partial charge in [-0.2, -0.15) is 0 Å². The molecule has 1 N–H and O–H groups in total. The summed E-state index contributed by atoms with van der Waals surface area (Å²) >= 11 is 0. The van der Waals surface area contributed by atoms with E-state index in [0.717, 1.165) is 11.3 Å². The maximum atomic E-state index is 10.9. The van der Waals surface area contributed by atoms with Crippen LogP contribution in [0.25, 0.3) is 0 Å². The maximum absolute atomic E-state index is 10.9. The molecular formula is C15H16N2O3. The summed E-state index contributed by atoms with van der Waals surface area (Å²) in [4.78, 5) is 17.0. The molecule has 0 aliphatic heterocycles. The molecule has 0 fully saturated rings. The average Bonchev–Trinajstić information content (AvgIpc) is 2.48. The Hall–Kier alpha value is -2.56. The van der Waals surface area contributed by atoms with Crippen molar-refractivity contribution in [1.82, 2.24) is 4.98 Å². The zero-order valence-electron chi connectivity index (χ0n) is 11.4. The van der Waals surface area contributed by atoms with E-state index in [1.54, 1.807) is 13.2 Å². The van der Waals surface area contributed by atoms with Crippen LogP contribution >= 0.6 is 0 Å². The molecule has 0 unspecified atom stereocenters. The van der Waals surface area contributed by atoms with Gasteiger partial charge in [-0.3, -0.25) is 0 Å². The van der Waals surface area contributed by atoms with Crippen molar-refractivity contribution >= 4 is 11.8 Å². The van der Waals surface area contributed by atoms with Crippen molar-refractivity contribution in [3.63, 3.8) is 0 Å². The van der Waals surface area contributed by atoms with E-state index >= 15 is 0 Å². The molecule has 5 heteroatoms. The third-order valence-electron chi connectivity index (χ3n) is 2.96. The Morgan fingerprint density at radius 2 is 2.00 bits per heavy atom. The first-order chi connectivity index (χ1) is 9.60. The van der Waals surface area contributed by atoms with E-state index in [0.29, 0.717) is 12.4 Å². The lowest BCUT2D eigenvalue weighted by Gasteiger charge is -2.18. The van der Waals surface area contributed by atoms with Gasteiger partial charge in [0, 0.05) is 19.8 Å². The minimum absolute atomic E-state index is 0.233. The van der Waals surface area contributed by atoms with Gasteiger partial charge in [-0.05, 0) is 29.8 Å². The third-order valence-corrected chi connectivity index (χ3v) is 2.96. The van der Waals surface area contributed by atoms with Crippen LogP contribution in [0.1, 0.15) is 15.9 Å². The van der Waals surface area contributed by atoms with E-state index in [2.05, 4.69) is 4.98 Å². The quantitative estimate of drug-likeness (QED) is 0.905. The first-order valence-corrected chi connectivity index (χ1v) is 6.13. The van der Waals surface area contributed by atoms with Crippen LogP contribution in [0.4, 0.5) is 5.82 Å². The fraction of sp³-hybridized carbons (Fsp3) is 0.200. The van der Waals surface area contributed by atoms with Crippen LogP contribution < -0.4 is 9.64 Å². The highest BCUT2D eigenvalue weighted by Gasteiger charge is 2.08. The van der Waals surface area contributed by atoms with Crippen LogP contribution in [-0.4, -0.2) is 30.2 Å². The Labute approximate surface area is 117 Å². The molecule has 0 aliphatic rings. The van der Waals surface area contributed by atoms with Crippen molar-refractivity contribution in [2.45, 2.75) is 6.54 Å². The molecule has 104 valence electrons. The predicted octanol–water partition coefficient (Wildman–Crippen LogP) is 2.42. The van der Waals surface area contributed by atoms with Gasteiger partial charge in [0.1, 0.15) is 11.6 Å². The number of hydrogen-bond donors (Lipinski definition) is 1. The molecule has 0 radical (unpaired) electrons. The number of aromatic nitrogens is 1. The van der Waals surface area contributed by atoms with Crippen molar-refractivity contribution < 1.29 is 14.6 Å². The lowest BCUT2D eigenvalue weighted by molar-refractivity contribution is 0.0697. The standard InChI is InChI=1S/C15H16N2O3/c1-17(10-11-3-5-13(20-2)6-4-11)14-9-12(15(18)19)7-8-16-14/h3-9H,10H2,1-2H3,(H,18,19). The summed E-state index contributed by atoms with van der Waals surface area (Å²) in [5, 5.41) is 8.98. The van der Waals surface area contributed by atoms with Crippen molar-refractivity contribution in [3.8, 4) is 5.75 Å². The third kappa shape index (κ3) is 3.26. The number of hydrogen-bond acceptors (Lipinski definition) is 4. The number of rotatable bonds is 5. The molecule has 0 spiro atoms. The number of aromatic carboxylic acids is 1. The van der Waals surface area contributed by atoms with Gasteiger partial charge in [0.25, 0.3) is 0 Å². The number of ether oxygens (including phenoxy) is 1. The molecular weight excluding hydrogens is 256 g/mol. The lowest BCUT2D eigenvalue weighted by Crippen LogP contribution is -2.18. The first-order valence-electron chi connectivity index (χ1n) is 6.13. The molecule has 0 saturated carbocycles. The topological polar surface area (TPSA) is 62.7 Å². The Balaban J connectivity index is 2.12. The van der Waals surface area contributed by atoms with Gasteiger partial charge in [-0.1, -0.05) is 12.1 Å². The molecule has 1 aromatic carbocycles. The summed E-state index contributed by atoms with van der Waals surface area (Å²) in [6.07, 6.45) is 1.50. The van der Waals surface area contributed by atoms with Crippen LogP contribution in [0.3, 0.4) is 0 Å². The van der Waals surface area contributed by atoms with Crippen molar-refractivity contribution in [2.24, 2.45) is 0 Å². The fourth-order valence-electron chi connectivity index (χ4n) is 1.85. The largest absolute Gasteiger partial charge is 0.497 e. The molecule has 2 aromatic rings. The van der Waals surface area contributed by atoms with E-state index in [9.17, 15) is 4.79 Å². The van der Waals surface area contributed by atoms with Gasteiger partial charge in [0.15, 0.2) is 0 Å². The molecule has 1 heterocycles. The Morgan fingerprint density at radius 3 is 2.60 bits per heavy atom. The number of carbonyl (C=O) groups is 1. The second-order valence-electron chi connectivity index (χ2n) is 4.41. The number of benzene rings is 1. The van der Waals surface area contributed by atoms with Gasteiger partial charge in [-0.25, -0.2) is 9.78 Å². The molecule has 0 saturated heterocycles. The van der Waals surface area contributed by atoms with E-state index in [-0.39, 0.29) is 5.56 Å². The van der Waals surface area contributed by atoms with E-state index in [1.807, 2.05) is 36.2 Å². The highest BCUT2D eigenvalue weighted by atomic mass is 16.5. The average molecular weight is 272 g/mol. The normalized spacial score (nSPS) is 10.1. The first kappa shape index (κ1) is 13.9. The Morgan fingerprint density at radius 1 is 1.30 bits per heavy atom. The lowest BCUT2D eigenvalue weighted by atomic mass is 10.2. The van der Waals surface area contributed by atoms with Gasteiger partial charge in [-0.15, -0.1) is 0 Å². The Bertz CT molecular complexity index is 596. The van der Waals surface area contributed by atoms with Gasteiger partial charge in [0.05, 0.1) is 12.7 Å². The summed E-state index contributed by atoms with van der Waals surface area (Å²) in [6.45, 7) is 0.639. The second kappa shape index (κ2) is 6.06. The summed E-state index contributed by atoms with van der Waals surface area (Å²) in [6, 6.07) is 10.8. The van der Waals surface area contributed by atoms with Crippen molar-refractivity contribution in [3.05, 3.63) is 53.7 Å². The monoisotopic (exact) mass is 272 g/mol. The highest BCUT2D eigenvalue weighted by molar-refractivity contribution is 5.88. The molecule has 0 amide bonds. The van der Waals surface area contributed by atoms with Crippen LogP contribution in [-0.2, 0) is 6.54 Å². The highest BCUT2D eigenvalue weighted by Crippen LogP contribution is 2.16. The van der Waals surface area contributed by atoms with Crippen LogP contribution in [0, 0.1) is 0 Å². The van der Waals surface area contributed by atoms with Crippen LogP contribution in [0.5, 0.6) is 5.75 Å². The molecule has 20 heavy (non-hydrogen) atoms. The van der Waals surface area contributed by atoms with Gasteiger partial charge >= 0.3 is 5.97 Å². The molecule has 2 rings (SSSR count). The number of methoxy groups -OCH3 is 1. The summed E-state index contributed by atoms with van der Waals surface area (Å²) < 4.78 is 5.11. The summed E-state index contributed by atoms with van der Waals surface area (Å²) in [5.74, 6) is 0.481. The summed E-state index contributed by atoms with van der Waals surface area (Å²) in [7, 11) is 3.50. The minimum Gasteiger partial charge on any atom is -0.497 e. The summed E-state index contributed by atoms with van der Waals surface area (Å²) in [5.41, 5.74) is 1.33. The van der Waals surface area contributed by atoms with Crippen LogP contribution in [0.15, 0.2) is 42.6 Å². The van der Waals surface area contributed by atoms with Gasteiger partial charge in [0.2, 0.25) is 0 Å². The molecule has 1 aromatic heterocycles. The second-order valence-corrected chi connectivity index (χ2v) is 4.41. The molecule has 0 bridgehead atoms. The van der Waals surface area contributed by atoms with Gasteiger partial charge < -0.3 is 14.7 Å². The SMILES string of the molecule is COc1ccc(CN(C)c2cc(C(=O)O)ccn2)cc1. The zero-order chi connectivity index (χ0) is 14.5. The predicted molar refractivity (Wildman–Crippen MR) is 76.3 cm³/mol. The van der Waals surface area contributed by atoms with Crippen molar-refractivity contribution in [1.29, 1.82) is 0 Å². The van der Waals surface area contributed by atoms with Crippen LogP contribution in [0.2, 0.25) is 0 Å². The minimum atomic E-state index is -0.952. The number of carboxylic acids is 1. The number of carboxylic acid groups (broad SMARTS) is 1. The Kier molecular flexibility index (Phi) is 4.20. The number of anilines is 1. The molecule has 0 atom stereocenters. The van der Waals surface area contributed by atoms with E-state index < -0.39 is 5.97 Å². The zero-order valence-corrected chi connectivity index (χ0v) is 11.4. The van der Waals surface area contributed by atoms with E-state index in [4.69, 9.17) is 9.84 Å². The molecule has 0 aliphatic carbocycles. The van der Waals surface area contributed by atoms with E-state index in [1.165, 1.54) is 12.3 Å². The fourth-order valence-corrected chi connectivity index (χ4v) is 1.85. The molecule has 5 nitrogen and oxygen atoms in total. The number of nitrogens with zero attached hydrogens (tertiary/aromatic N) is 2. The maximum Gasteiger partial charge on any atom is 0.335 e. The number of pyridine rings is 1. The van der Waals surface area contributed by atoms with Crippen molar-refractivity contribution in [2.75, 3.05) is 19.1 Å². The smallest absolute Gasteiger partial charge is 0.335 e.